The first-order chi connectivity index (χ1) is 7.03. The highest BCUT2D eigenvalue weighted by atomic mass is 32.2. The van der Waals surface area contributed by atoms with Gasteiger partial charge in [0.15, 0.2) is 5.69 Å². The van der Waals surface area contributed by atoms with E-state index in [2.05, 4.69) is 9.97 Å². The molecule has 0 radical (unpaired) electrons. The first-order valence-corrected chi connectivity index (χ1v) is 6.57. The molecule has 0 saturated heterocycles. The Morgan fingerprint density at radius 1 is 1.47 bits per heavy atom. The van der Waals surface area contributed by atoms with Crippen molar-refractivity contribution in [3.8, 4) is 6.07 Å². The van der Waals surface area contributed by atoms with Crippen LogP contribution in [0.25, 0.3) is 0 Å². The average Bonchev–Trinajstić information content (AvgIpc) is 2.16. The Morgan fingerprint density at radius 2 is 2.13 bits per heavy atom. The van der Waals surface area contributed by atoms with Gasteiger partial charge in [0.05, 0.1) is 5.75 Å². The van der Waals surface area contributed by atoms with Crippen molar-refractivity contribution in [1.29, 1.82) is 5.26 Å². The molecule has 0 unspecified atom stereocenters. The maximum absolute atomic E-state index is 10.6. The van der Waals surface area contributed by atoms with E-state index in [-0.39, 0.29) is 17.2 Å². The molecule has 0 saturated carbocycles. The van der Waals surface area contributed by atoms with Crippen LogP contribution in [0.3, 0.4) is 0 Å². The Bertz CT molecular complexity index is 480. The second kappa shape index (κ2) is 5.06. The lowest BCUT2D eigenvalue weighted by Crippen LogP contribution is -2.17. The van der Waals surface area contributed by atoms with Crippen LogP contribution in [0.1, 0.15) is 5.69 Å². The SMILES string of the molecule is N#Cc1nccnc1SCCS(N)(=O)=O. The van der Waals surface area contributed by atoms with Crippen molar-refractivity contribution in [2.45, 2.75) is 5.03 Å². The van der Waals surface area contributed by atoms with Crippen LogP contribution in [0, 0.1) is 11.3 Å². The van der Waals surface area contributed by atoms with E-state index in [1.807, 2.05) is 6.07 Å². The first-order valence-electron chi connectivity index (χ1n) is 3.87. The van der Waals surface area contributed by atoms with E-state index in [0.29, 0.717) is 5.03 Å². The van der Waals surface area contributed by atoms with Crippen LogP contribution >= 0.6 is 11.8 Å². The Labute approximate surface area is 91.6 Å². The standard InChI is InChI=1S/C7H8N4O2S2/c8-5-6-7(11-2-1-10-6)14-3-4-15(9,12)13/h1-2H,3-4H2,(H2,9,12,13). The molecule has 0 bridgehead atoms. The Balaban J connectivity index is 2.63. The topological polar surface area (TPSA) is 110 Å². The minimum absolute atomic E-state index is 0.154. The Kier molecular flexibility index (Phi) is 4.02. The van der Waals surface area contributed by atoms with Crippen LogP contribution in [0.2, 0.25) is 0 Å². The number of rotatable bonds is 4. The number of nitriles is 1. The minimum Gasteiger partial charge on any atom is -0.245 e. The molecule has 80 valence electrons. The smallest absolute Gasteiger partial charge is 0.209 e. The van der Waals surface area contributed by atoms with Gasteiger partial charge in [0, 0.05) is 18.1 Å². The highest BCUT2D eigenvalue weighted by Gasteiger charge is 2.07. The zero-order chi connectivity index (χ0) is 11.3. The molecule has 15 heavy (non-hydrogen) atoms. The monoisotopic (exact) mass is 244 g/mol. The molecule has 0 aliphatic rings. The summed E-state index contributed by atoms with van der Waals surface area (Å²) in [6, 6.07) is 1.87. The Morgan fingerprint density at radius 3 is 2.73 bits per heavy atom. The normalized spacial score (nSPS) is 10.9. The lowest BCUT2D eigenvalue weighted by molar-refractivity contribution is 0.599. The molecule has 2 N–H and O–H groups in total. The molecule has 6 nitrogen and oxygen atoms in total. The van der Waals surface area contributed by atoms with Gasteiger partial charge in [-0.15, -0.1) is 11.8 Å². The van der Waals surface area contributed by atoms with Gasteiger partial charge >= 0.3 is 0 Å². The zero-order valence-corrected chi connectivity index (χ0v) is 9.25. The molecule has 1 aromatic heterocycles. The van der Waals surface area contributed by atoms with Crippen molar-refractivity contribution in [2.24, 2.45) is 5.14 Å². The lowest BCUT2D eigenvalue weighted by Gasteiger charge is -2.00. The fourth-order valence-electron chi connectivity index (χ4n) is 0.762. The quantitative estimate of drug-likeness (QED) is 0.730. The molecule has 0 fully saturated rings. The number of nitrogens with two attached hydrogens (primary N) is 1. The predicted octanol–water partition coefficient (Wildman–Crippen LogP) is -0.271. The second-order valence-corrected chi connectivity index (χ2v) is 5.35. The average molecular weight is 244 g/mol. The van der Waals surface area contributed by atoms with E-state index in [1.165, 1.54) is 12.4 Å². The molecular formula is C7H8N4O2S2. The predicted molar refractivity (Wildman–Crippen MR) is 55.4 cm³/mol. The molecule has 8 heteroatoms. The molecular weight excluding hydrogens is 236 g/mol. The number of hydrogen-bond acceptors (Lipinski definition) is 6. The van der Waals surface area contributed by atoms with E-state index in [9.17, 15) is 8.42 Å². The van der Waals surface area contributed by atoms with E-state index in [4.69, 9.17) is 10.4 Å². The van der Waals surface area contributed by atoms with Gasteiger partial charge in [-0.25, -0.2) is 23.5 Å². The highest BCUT2D eigenvalue weighted by Crippen LogP contribution is 2.17. The maximum atomic E-state index is 10.6. The summed E-state index contributed by atoms with van der Waals surface area (Å²) in [6.45, 7) is 0. The van der Waals surface area contributed by atoms with Crippen molar-refractivity contribution in [2.75, 3.05) is 11.5 Å². The zero-order valence-electron chi connectivity index (χ0n) is 7.62. The van der Waals surface area contributed by atoms with Gasteiger partial charge in [-0.2, -0.15) is 5.26 Å². The summed E-state index contributed by atoms with van der Waals surface area (Å²) in [4.78, 5) is 7.70. The fraction of sp³-hybridized carbons (Fsp3) is 0.286. The molecule has 0 aliphatic heterocycles. The summed E-state index contributed by atoms with van der Waals surface area (Å²) in [5, 5.41) is 13.9. The van der Waals surface area contributed by atoms with Gasteiger partial charge < -0.3 is 0 Å². The minimum atomic E-state index is -3.47. The molecule has 0 amide bonds. The van der Waals surface area contributed by atoms with Crippen LogP contribution in [0.15, 0.2) is 17.4 Å². The van der Waals surface area contributed by atoms with E-state index < -0.39 is 10.0 Å². The third kappa shape index (κ3) is 4.24. The second-order valence-electron chi connectivity index (χ2n) is 2.54. The molecule has 0 aliphatic carbocycles. The summed E-state index contributed by atoms with van der Waals surface area (Å²) in [7, 11) is -3.47. The van der Waals surface area contributed by atoms with Crippen molar-refractivity contribution in [3.63, 3.8) is 0 Å². The van der Waals surface area contributed by atoms with E-state index >= 15 is 0 Å². The van der Waals surface area contributed by atoms with Crippen LogP contribution in [-0.2, 0) is 10.0 Å². The van der Waals surface area contributed by atoms with Crippen LogP contribution in [-0.4, -0.2) is 29.9 Å². The fourth-order valence-corrected chi connectivity index (χ4v) is 2.59. The van der Waals surface area contributed by atoms with Gasteiger partial charge in [-0.3, -0.25) is 0 Å². The van der Waals surface area contributed by atoms with Crippen molar-refractivity contribution in [3.05, 3.63) is 18.1 Å². The summed E-state index contributed by atoms with van der Waals surface area (Å²) < 4.78 is 21.3. The largest absolute Gasteiger partial charge is 0.245 e. The number of aromatic nitrogens is 2. The molecule has 0 spiro atoms. The number of thioether (sulfide) groups is 1. The van der Waals surface area contributed by atoms with Crippen LogP contribution in [0.4, 0.5) is 0 Å². The number of hydrogen-bond donors (Lipinski definition) is 1. The van der Waals surface area contributed by atoms with Crippen LogP contribution in [0.5, 0.6) is 0 Å². The van der Waals surface area contributed by atoms with Crippen molar-refractivity contribution >= 4 is 21.8 Å². The molecule has 1 aromatic rings. The van der Waals surface area contributed by atoms with Crippen molar-refractivity contribution < 1.29 is 8.42 Å². The number of sulfonamides is 1. The molecule has 1 heterocycles. The first kappa shape index (κ1) is 11.9. The third-order valence-corrected chi connectivity index (χ3v) is 3.39. The van der Waals surface area contributed by atoms with Crippen LogP contribution < -0.4 is 5.14 Å². The Hall–Kier alpha value is -1.17. The maximum Gasteiger partial charge on any atom is 0.209 e. The van der Waals surface area contributed by atoms with E-state index in [1.54, 1.807) is 0 Å². The van der Waals surface area contributed by atoms with E-state index in [0.717, 1.165) is 11.8 Å². The summed E-state index contributed by atoms with van der Waals surface area (Å²) in [5.74, 6) is 0.102. The van der Waals surface area contributed by atoms with Gasteiger partial charge in [0.25, 0.3) is 0 Å². The van der Waals surface area contributed by atoms with Gasteiger partial charge in [0.1, 0.15) is 11.1 Å². The lowest BCUT2D eigenvalue weighted by atomic mass is 10.5. The van der Waals surface area contributed by atoms with Crippen molar-refractivity contribution in [1.82, 2.24) is 9.97 Å². The summed E-state index contributed by atoms with van der Waals surface area (Å²) in [5.41, 5.74) is 0.192. The summed E-state index contributed by atoms with van der Waals surface area (Å²) in [6.07, 6.45) is 2.85. The summed E-state index contributed by atoms with van der Waals surface area (Å²) >= 11 is 1.14. The molecule has 0 atom stereocenters. The molecule has 1 rings (SSSR count). The highest BCUT2D eigenvalue weighted by molar-refractivity contribution is 8.00. The molecule has 0 aromatic carbocycles. The van der Waals surface area contributed by atoms with Gasteiger partial charge in [0.2, 0.25) is 10.0 Å². The van der Waals surface area contributed by atoms with Gasteiger partial charge in [-0.05, 0) is 0 Å². The number of nitrogens with zero attached hydrogens (tertiary/aromatic N) is 3. The number of primary sulfonamides is 1. The third-order valence-electron chi connectivity index (χ3n) is 1.38. The van der Waals surface area contributed by atoms with Gasteiger partial charge in [-0.1, -0.05) is 0 Å².